The highest BCUT2D eigenvalue weighted by atomic mass is 16.5. The van der Waals surface area contributed by atoms with Gasteiger partial charge in [-0.05, 0) is 23.8 Å². The fraction of sp³-hybridized carbons (Fsp3) is 0.125. The van der Waals surface area contributed by atoms with Gasteiger partial charge >= 0.3 is 11.9 Å². The van der Waals surface area contributed by atoms with E-state index in [1.54, 1.807) is 18.2 Å². The molecule has 0 fully saturated rings. The van der Waals surface area contributed by atoms with E-state index < -0.39 is 5.97 Å². The Bertz CT molecular complexity index is 661. The van der Waals surface area contributed by atoms with Crippen LogP contribution in [0.1, 0.15) is 31.8 Å². The first-order chi connectivity index (χ1) is 9.74. The van der Waals surface area contributed by atoms with E-state index in [2.05, 4.69) is 0 Å². The van der Waals surface area contributed by atoms with Crippen LogP contribution in [-0.4, -0.2) is 11.9 Å². The van der Waals surface area contributed by atoms with Crippen molar-refractivity contribution in [1.29, 1.82) is 0 Å². The summed E-state index contributed by atoms with van der Waals surface area (Å²) in [7, 11) is 0. The fourth-order valence-corrected chi connectivity index (χ4v) is 2.07. The monoisotopic (exact) mass is 268 g/mol. The number of benzene rings is 2. The molecule has 0 aromatic heterocycles. The Kier molecular flexibility index (Phi) is 3.21. The summed E-state index contributed by atoms with van der Waals surface area (Å²) in [6, 6.07) is 14.3. The third-order valence-corrected chi connectivity index (χ3v) is 3.13. The minimum atomic E-state index is -0.406. The Morgan fingerprint density at radius 3 is 2.75 bits per heavy atom. The van der Waals surface area contributed by atoms with Crippen LogP contribution in [0.2, 0.25) is 0 Å². The van der Waals surface area contributed by atoms with Gasteiger partial charge in [-0.3, -0.25) is 0 Å². The van der Waals surface area contributed by atoms with Crippen LogP contribution < -0.4 is 0 Å². The topological polar surface area (TPSA) is 52.6 Å². The molecule has 0 aliphatic carbocycles. The summed E-state index contributed by atoms with van der Waals surface area (Å²) in [4.78, 5) is 23.3. The Morgan fingerprint density at radius 1 is 1.15 bits per heavy atom. The summed E-state index contributed by atoms with van der Waals surface area (Å²) < 4.78 is 10.1. The molecule has 0 spiro atoms. The Morgan fingerprint density at radius 2 is 1.95 bits per heavy atom. The fourth-order valence-electron chi connectivity index (χ4n) is 2.07. The second kappa shape index (κ2) is 5.17. The largest absolute Gasteiger partial charge is 0.457 e. The van der Waals surface area contributed by atoms with Gasteiger partial charge < -0.3 is 9.47 Å². The van der Waals surface area contributed by atoms with Crippen molar-refractivity contribution in [2.24, 2.45) is 0 Å². The highest BCUT2D eigenvalue weighted by molar-refractivity contribution is 5.96. The van der Waals surface area contributed by atoms with Gasteiger partial charge in [0.25, 0.3) is 0 Å². The van der Waals surface area contributed by atoms with Gasteiger partial charge in [0.15, 0.2) is 0 Å². The van der Waals surface area contributed by atoms with E-state index in [9.17, 15) is 9.59 Å². The molecule has 100 valence electrons. The quantitative estimate of drug-likeness (QED) is 0.803. The van der Waals surface area contributed by atoms with Crippen LogP contribution in [0, 0.1) is 0 Å². The van der Waals surface area contributed by atoms with E-state index in [4.69, 9.17) is 9.47 Å². The summed E-state index contributed by atoms with van der Waals surface area (Å²) in [6.45, 7) is 0.445. The predicted octanol–water partition coefficient (Wildman–Crippen LogP) is 2.71. The maximum atomic E-state index is 12.0. The van der Waals surface area contributed by atoms with Gasteiger partial charge in [-0.1, -0.05) is 30.3 Å². The second-order valence-corrected chi connectivity index (χ2v) is 4.51. The van der Waals surface area contributed by atoms with Gasteiger partial charge in [-0.15, -0.1) is 0 Å². The summed E-state index contributed by atoms with van der Waals surface area (Å²) >= 11 is 0. The number of carbonyl (C=O) groups is 2. The molecule has 3 rings (SSSR count). The van der Waals surface area contributed by atoms with Crippen molar-refractivity contribution >= 4 is 11.9 Å². The average Bonchev–Trinajstić information content (AvgIpc) is 2.87. The van der Waals surface area contributed by atoms with Crippen LogP contribution in [0.3, 0.4) is 0 Å². The Hall–Kier alpha value is -2.62. The molecular formula is C16H12O4. The molecule has 0 N–H and O–H groups in total. The predicted molar refractivity (Wildman–Crippen MR) is 71.1 cm³/mol. The van der Waals surface area contributed by atoms with Crippen molar-refractivity contribution in [3.63, 3.8) is 0 Å². The molecule has 4 heteroatoms. The summed E-state index contributed by atoms with van der Waals surface area (Å²) in [5.41, 5.74) is 2.60. The zero-order valence-electron chi connectivity index (χ0n) is 10.7. The lowest BCUT2D eigenvalue weighted by Gasteiger charge is -2.05. The van der Waals surface area contributed by atoms with Gasteiger partial charge in [0.2, 0.25) is 0 Å². The number of fused-ring (bicyclic) bond motifs is 1. The van der Waals surface area contributed by atoms with Gasteiger partial charge in [0.05, 0.1) is 11.1 Å². The highest BCUT2D eigenvalue weighted by Gasteiger charge is 2.22. The maximum Gasteiger partial charge on any atom is 0.338 e. The number of hydrogen-bond acceptors (Lipinski definition) is 4. The van der Waals surface area contributed by atoms with Gasteiger partial charge in [-0.25, -0.2) is 9.59 Å². The van der Waals surface area contributed by atoms with Gasteiger partial charge in [0.1, 0.15) is 13.2 Å². The van der Waals surface area contributed by atoms with Crippen LogP contribution in [0.5, 0.6) is 0 Å². The number of rotatable bonds is 3. The molecule has 0 saturated carbocycles. The third-order valence-electron chi connectivity index (χ3n) is 3.13. The van der Waals surface area contributed by atoms with E-state index in [-0.39, 0.29) is 19.2 Å². The second-order valence-electron chi connectivity index (χ2n) is 4.51. The zero-order chi connectivity index (χ0) is 13.9. The molecule has 4 nitrogen and oxygen atoms in total. The number of carbonyl (C=O) groups excluding carboxylic acids is 2. The van der Waals surface area contributed by atoms with Crippen molar-refractivity contribution in [3.05, 3.63) is 70.8 Å². The normalized spacial score (nSPS) is 12.7. The van der Waals surface area contributed by atoms with Crippen LogP contribution >= 0.6 is 0 Å². The van der Waals surface area contributed by atoms with Crippen LogP contribution in [0.15, 0.2) is 48.5 Å². The molecular weight excluding hydrogens is 256 g/mol. The molecule has 1 aliphatic heterocycles. The molecule has 0 saturated heterocycles. The molecule has 0 amide bonds. The molecule has 0 unspecified atom stereocenters. The number of hydrogen-bond donors (Lipinski definition) is 0. The molecule has 20 heavy (non-hydrogen) atoms. The summed E-state index contributed by atoms with van der Waals surface area (Å²) in [6.07, 6.45) is 0. The first kappa shape index (κ1) is 12.4. The average molecular weight is 268 g/mol. The molecule has 0 bridgehead atoms. The Balaban J connectivity index is 1.70. The molecule has 0 radical (unpaired) electrons. The summed E-state index contributed by atoms with van der Waals surface area (Å²) in [5, 5.41) is 0. The first-order valence-electron chi connectivity index (χ1n) is 6.25. The minimum absolute atomic E-state index is 0.216. The first-order valence-corrected chi connectivity index (χ1v) is 6.25. The molecule has 0 atom stereocenters. The summed E-state index contributed by atoms with van der Waals surface area (Å²) in [5.74, 6) is -0.750. The number of cyclic esters (lactones) is 1. The molecule has 2 aromatic rings. The van der Waals surface area contributed by atoms with E-state index in [1.165, 1.54) is 0 Å². The maximum absolute atomic E-state index is 12.0. The van der Waals surface area contributed by atoms with Crippen molar-refractivity contribution in [1.82, 2.24) is 0 Å². The highest BCUT2D eigenvalue weighted by Crippen LogP contribution is 2.21. The van der Waals surface area contributed by atoms with Gasteiger partial charge in [-0.2, -0.15) is 0 Å². The van der Waals surface area contributed by atoms with Gasteiger partial charge in [0, 0.05) is 5.56 Å². The smallest absolute Gasteiger partial charge is 0.338 e. The van der Waals surface area contributed by atoms with E-state index >= 15 is 0 Å². The van der Waals surface area contributed by atoms with Crippen molar-refractivity contribution in [2.75, 3.05) is 0 Å². The van der Waals surface area contributed by atoms with E-state index in [0.29, 0.717) is 11.1 Å². The Labute approximate surface area is 115 Å². The molecule has 1 aliphatic rings. The van der Waals surface area contributed by atoms with E-state index in [0.717, 1.165) is 11.1 Å². The lowest BCUT2D eigenvalue weighted by atomic mass is 10.1. The van der Waals surface area contributed by atoms with Crippen LogP contribution in [0.4, 0.5) is 0 Å². The third kappa shape index (κ3) is 2.40. The minimum Gasteiger partial charge on any atom is -0.457 e. The van der Waals surface area contributed by atoms with Crippen molar-refractivity contribution in [3.8, 4) is 0 Å². The standard InChI is InChI=1S/C16H12O4/c17-15(19-9-11-4-2-1-3-5-11)12-6-7-14-13(8-12)10-20-16(14)18/h1-8H,9-10H2. The zero-order valence-corrected chi connectivity index (χ0v) is 10.7. The van der Waals surface area contributed by atoms with Crippen molar-refractivity contribution in [2.45, 2.75) is 13.2 Å². The lowest BCUT2D eigenvalue weighted by molar-refractivity contribution is 0.0472. The number of ether oxygens (including phenoxy) is 2. The SMILES string of the molecule is O=C(OCc1ccccc1)c1ccc2c(c1)COC2=O. The van der Waals surface area contributed by atoms with E-state index in [1.807, 2.05) is 30.3 Å². The van der Waals surface area contributed by atoms with Crippen LogP contribution in [-0.2, 0) is 22.7 Å². The van der Waals surface area contributed by atoms with Crippen molar-refractivity contribution < 1.29 is 19.1 Å². The van der Waals surface area contributed by atoms with Crippen LogP contribution in [0.25, 0.3) is 0 Å². The molecule has 2 aromatic carbocycles. The molecule has 1 heterocycles. The number of esters is 2. The lowest BCUT2D eigenvalue weighted by Crippen LogP contribution is -2.06.